The number of nitrogens with one attached hydrogen (secondary N) is 1. The summed E-state index contributed by atoms with van der Waals surface area (Å²) in [6.07, 6.45) is 0.332. The summed E-state index contributed by atoms with van der Waals surface area (Å²) >= 11 is 2.20. The molecule has 0 heterocycles. The van der Waals surface area contributed by atoms with Crippen molar-refractivity contribution in [3.8, 4) is 5.75 Å². The van der Waals surface area contributed by atoms with Gasteiger partial charge in [-0.1, -0.05) is 24.3 Å². The molecule has 2 aromatic rings. The molecule has 0 aliphatic carbocycles. The van der Waals surface area contributed by atoms with Crippen LogP contribution in [-0.4, -0.2) is 12.5 Å². The van der Waals surface area contributed by atoms with E-state index in [1.54, 1.807) is 0 Å². The Labute approximate surface area is 138 Å². The third-order valence-corrected chi connectivity index (χ3v) is 4.02. The minimum Gasteiger partial charge on any atom is -0.493 e. The average molecular weight is 395 g/mol. The summed E-state index contributed by atoms with van der Waals surface area (Å²) in [5.74, 6) is 0.807. The summed E-state index contributed by atoms with van der Waals surface area (Å²) in [4.78, 5) is 11.9. The van der Waals surface area contributed by atoms with E-state index >= 15 is 0 Å². The van der Waals surface area contributed by atoms with Gasteiger partial charge in [0.15, 0.2) is 0 Å². The Kier molecular flexibility index (Phi) is 5.61. The number of benzene rings is 2. The highest BCUT2D eigenvalue weighted by Gasteiger charge is 2.06. The summed E-state index contributed by atoms with van der Waals surface area (Å²) in [6, 6.07) is 13.8. The summed E-state index contributed by atoms with van der Waals surface area (Å²) in [7, 11) is 0. The van der Waals surface area contributed by atoms with Gasteiger partial charge < -0.3 is 10.1 Å². The van der Waals surface area contributed by atoms with Crippen molar-refractivity contribution in [2.24, 2.45) is 0 Å². The molecule has 0 saturated carbocycles. The van der Waals surface area contributed by atoms with Gasteiger partial charge in [-0.3, -0.25) is 4.79 Å². The quantitative estimate of drug-likeness (QED) is 0.767. The van der Waals surface area contributed by atoms with Crippen LogP contribution >= 0.6 is 22.6 Å². The van der Waals surface area contributed by atoms with Gasteiger partial charge in [-0.15, -0.1) is 0 Å². The fourth-order valence-corrected chi connectivity index (χ4v) is 2.41. The first-order valence-corrected chi connectivity index (χ1v) is 7.88. The van der Waals surface area contributed by atoms with E-state index in [-0.39, 0.29) is 5.91 Å². The van der Waals surface area contributed by atoms with E-state index in [0.29, 0.717) is 13.0 Å². The lowest BCUT2D eigenvalue weighted by molar-refractivity contribution is -0.116. The number of rotatable bonds is 5. The molecule has 1 N–H and O–H groups in total. The Morgan fingerprint density at radius 2 is 1.95 bits per heavy atom. The molecule has 1 amide bonds. The van der Waals surface area contributed by atoms with Crippen LogP contribution in [0.4, 0.5) is 5.69 Å². The number of para-hydroxylation sites is 1. The zero-order chi connectivity index (χ0) is 15.2. The van der Waals surface area contributed by atoms with Crippen molar-refractivity contribution in [1.29, 1.82) is 0 Å². The maximum absolute atomic E-state index is 11.9. The zero-order valence-electron chi connectivity index (χ0n) is 12.2. The van der Waals surface area contributed by atoms with Gasteiger partial charge in [0.2, 0.25) is 5.91 Å². The normalized spacial score (nSPS) is 10.2. The highest BCUT2D eigenvalue weighted by Crippen LogP contribution is 2.20. The first-order chi connectivity index (χ1) is 10.1. The van der Waals surface area contributed by atoms with Crippen LogP contribution in [0, 0.1) is 17.4 Å². The first kappa shape index (κ1) is 15.8. The van der Waals surface area contributed by atoms with E-state index in [9.17, 15) is 4.79 Å². The van der Waals surface area contributed by atoms with Gasteiger partial charge in [0.25, 0.3) is 0 Å². The molecule has 0 atom stereocenters. The first-order valence-electron chi connectivity index (χ1n) is 6.80. The number of hydrogen-bond acceptors (Lipinski definition) is 2. The predicted octanol–water partition coefficient (Wildman–Crippen LogP) is 4.32. The molecule has 0 aromatic heterocycles. The molecule has 0 saturated heterocycles. The topological polar surface area (TPSA) is 38.3 Å². The largest absolute Gasteiger partial charge is 0.493 e. The molecule has 21 heavy (non-hydrogen) atoms. The number of amides is 1. The second-order valence-electron chi connectivity index (χ2n) is 4.90. The van der Waals surface area contributed by atoms with Gasteiger partial charge in [-0.25, -0.2) is 0 Å². The van der Waals surface area contributed by atoms with Crippen LogP contribution in [0.5, 0.6) is 5.75 Å². The SMILES string of the molecule is Cc1ccc(C)c(OCCC(=O)Nc2ccccc2I)c1. The lowest BCUT2D eigenvalue weighted by Gasteiger charge is -2.10. The van der Waals surface area contributed by atoms with E-state index in [2.05, 4.69) is 27.9 Å². The van der Waals surface area contributed by atoms with E-state index in [1.165, 1.54) is 0 Å². The Balaban J connectivity index is 1.85. The van der Waals surface area contributed by atoms with E-state index in [4.69, 9.17) is 4.74 Å². The number of halogens is 1. The molecule has 110 valence electrons. The number of aryl methyl sites for hydroxylation is 2. The molecule has 2 rings (SSSR count). The minimum atomic E-state index is -0.0376. The van der Waals surface area contributed by atoms with Gasteiger partial charge in [0.05, 0.1) is 18.7 Å². The Hall–Kier alpha value is -1.56. The lowest BCUT2D eigenvalue weighted by atomic mass is 10.1. The zero-order valence-corrected chi connectivity index (χ0v) is 14.3. The number of hydrogen-bond donors (Lipinski definition) is 1. The number of carbonyl (C=O) groups excluding carboxylic acids is 1. The molecule has 0 fully saturated rings. The van der Waals surface area contributed by atoms with Crippen molar-refractivity contribution >= 4 is 34.2 Å². The summed E-state index contributed by atoms with van der Waals surface area (Å²) < 4.78 is 6.72. The maximum Gasteiger partial charge on any atom is 0.227 e. The van der Waals surface area contributed by atoms with Crippen LogP contribution in [0.1, 0.15) is 17.5 Å². The second-order valence-corrected chi connectivity index (χ2v) is 6.06. The summed E-state index contributed by atoms with van der Waals surface area (Å²) in [5, 5.41) is 2.90. The molecule has 0 radical (unpaired) electrons. The number of anilines is 1. The molecule has 4 heteroatoms. The average Bonchev–Trinajstić information content (AvgIpc) is 2.45. The van der Waals surface area contributed by atoms with Crippen LogP contribution in [0.2, 0.25) is 0 Å². The summed E-state index contributed by atoms with van der Waals surface area (Å²) in [6.45, 7) is 4.40. The molecule has 0 spiro atoms. The maximum atomic E-state index is 11.9. The van der Waals surface area contributed by atoms with Gasteiger partial charge in [0.1, 0.15) is 5.75 Å². The van der Waals surface area contributed by atoms with Crippen LogP contribution in [0.25, 0.3) is 0 Å². The van der Waals surface area contributed by atoms with Crippen molar-refractivity contribution in [1.82, 2.24) is 0 Å². The fourth-order valence-electron chi connectivity index (χ4n) is 1.89. The molecular weight excluding hydrogens is 377 g/mol. The third-order valence-electron chi connectivity index (χ3n) is 3.08. The highest BCUT2D eigenvalue weighted by atomic mass is 127. The van der Waals surface area contributed by atoms with E-state index in [0.717, 1.165) is 26.1 Å². The van der Waals surface area contributed by atoms with Gasteiger partial charge in [-0.05, 0) is 65.8 Å². The van der Waals surface area contributed by atoms with Crippen molar-refractivity contribution in [2.75, 3.05) is 11.9 Å². The van der Waals surface area contributed by atoms with Crippen molar-refractivity contribution < 1.29 is 9.53 Å². The van der Waals surface area contributed by atoms with Crippen LogP contribution in [0.3, 0.4) is 0 Å². The minimum absolute atomic E-state index is 0.0376. The molecule has 2 aromatic carbocycles. The number of carbonyl (C=O) groups is 1. The molecular formula is C17H18INO2. The smallest absolute Gasteiger partial charge is 0.227 e. The Morgan fingerprint density at radius 1 is 1.19 bits per heavy atom. The number of ether oxygens (including phenoxy) is 1. The van der Waals surface area contributed by atoms with Crippen molar-refractivity contribution in [3.63, 3.8) is 0 Å². The second kappa shape index (κ2) is 7.45. The summed E-state index contributed by atoms with van der Waals surface area (Å²) in [5.41, 5.74) is 3.08. The monoisotopic (exact) mass is 395 g/mol. The Bertz CT molecular complexity index is 640. The molecule has 3 nitrogen and oxygen atoms in total. The molecule has 0 unspecified atom stereocenters. The van der Waals surface area contributed by atoms with Crippen LogP contribution < -0.4 is 10.1 Å². The van der Waals surface area contributed by atoms with Crippen LogP contribution in [0.15, 0.2) is 42.5 Å². The molecule has 0 aliphatic heterocycles. The predicted molar refractivity (Wildman–Crippen MR) is 93.8 cm³/mol. The molecule has 0 bridgehead atoms. The van der Waals surface area contributed by atoms with E-state index in [1.807, 2.05) is 56.3 Å². The van der Waals surface area contributed by atoms with Crippen LogP contribution in [-0.2, 0) is 4.79 Å². The highest BCUT2D eigenvalue weighted by molar-refractivity contribution is 14.1. The van der Waals surface area contributed by atoms with Crippen molar-refractivity contribution in [2.45, 2.75) is 20.3 Å². The Morgan fingerprint density at radius 3 is 2.71 bits per heavy atom. The standard InChI is InChI=1S/C17H18INO2/c1-12-7-8-13(2)16(11-12)21-10-9-17(20)19-15-6-4-3-5-14(15)18/h3-8,11H,9-10H2,1-2H3,(H,19,20). The van der Waals surface area contributed by atoms with E-state index < -0.39 is 0 Å². The molecule has 0 aliphatic rings. The van der Waals surface area contributed by atoms with Crippen molar-refractivity contribution in [3.05, 3.63) is 57.2 Å². The van der Waals surface area contributed by atoms with Gasteiger partial charge in [0, 0.05) is 3.57 Å². The van der Waals surface area contributed by atoms with Gasteiger partial charge in [-0.2, -0.15) is 0 Å². The van der Waals surface area contributed by atoms with Gasteiger partial charge >= 0.3 is 0 Å². The lowest BCUT2D eigenvalue weighted by Crippen LogP contribution is -2.16. The fraction of sp³-hybridized carbons (Fsp3) is 0.235. The third kappa shape index (κ3) is 4.74.